The number of anilines is 1. The van der Waals surface area contributed by atoms with Crippen molar-refractivity contribution in [3.05, 3.63) is 106 Å². The highest BCUT2D eigenvalue weighted by atomic mass is 35.5. The molecule has 1 heterocycles. The first-order chi connectivity index (χ1) is 14.0. The second kappa shape index (κ2) is 7.57. The molecule has 0 radical (unpaired) electrons. The Kier molecular flexibility index (Phi) is 4.95. The van der Waals surface area contributed by atoms with Gasteiger partial charge < -0.3 is 5.11 Å². The van der Waals surface area contributed by atoms with E-state index in [4.69, 9.17) is 11.6 Å². The third kappa shape index (κ3) is 3.32. The lowest BCUT2D eigenvalue weighted by Crippen LogP contribution is -2.29. The zero-order chi connectivity index (χ0) is 20.5. The maximum absolute atomic E-state index is 13.0. The van der Waals surface area contributed by atoms with Gasteiger partial charge in [-0.25, -0.2) is 0 Å². The van der Waals surface area contributed by atoms with Gasteiger partial charge in [-0.1, -0.05) is 78.3 Å². The zero-order valence-electron chi connectivity index (χ0n) is 15.7. The largest absolute Gasteiger partial charge is 0.507 e. The van der Waals surface area contributed by atoms with Crippen molar-refractivity contribution in [2.45, 2.75) is 13.0 Å². The maximum Gasteiger partial charge on any atom is 0.300 e. The van der Waals surface area contributed by atoms with Gasteiger partial charge in [0.2, 0.25) is 0 Å². The summed E-state index contributed by atoms with van der Waals surface area (Å²) < 4.78 is 0. The number of carbonyl (C=O) groups excluding carboxylic acids is 2. The Morgan fingerprint density at radius 3 is 2.17 bits per heavy atom. The van der Waals surface area contributed by atoms with Gasteiger partial charge in [0.15, 0.2) is 0 Å². The smallest absolute Gasteiger partial charge is 0.300 e. The number of rotatable bonds is 3. The summed E-state index contributed by atoms with van der Waals surface area (Å²) in [7, 11) is 0. The van der Waals surface area contributed by atoms with Crippen LogP contribution in [0.2, 0.25) is 5.02 Å². The number of ketones is 1. The van der Waals surface area contributed by atoms with Crippen LogP contribution in [-0.2, 0) is 9.59 Å². The number of halogens is 1. The first-order valence-electron chi connectivity index (χ1n) is 9.16. The second-order valence-electron chi connectivity index (χ2n) is 6.88. The molecule has 1 saturated heterocycles. The minimum absolute atomic E-state index is 0.0593. The number of amides is 1. The quantitative estimate of drug-likeness (QED) is 0.368. The van der Waals surface area contributed by atoms with Crippen LogP contribution in [0.25, 0.3) is 5.76 Å². The molecular formula is C24H18ClNO3. The van der Waals surface area contributed by atoms with Crippen LogP contribution >= 0.6 is 11.6 Å². The average Bonchev–Trinajstić information content (AvgIpc) is 3.02. The van der Waals surface area contributed by atoms with Crippen molar-refractivity contribution in [3.63, 3.8) is 0 Å². The normalized spacial score (nSPS) is 18.3. The van der Waals surface area contributed by atoms with E-state index >= 15 is 0 Å². The fourth-order valence-electron chi connectivity index (χ4n) is 3.53. The van der Waals surface area contributed by atoms with Crippen LogP contribution in [0.15, 0.2) is 84.4 Å². The first-order valence-corrected chi connectivity index (χ1v) is 9.54. The summed E-state index contributed by atoms with van der Waals surface area (Å²) in [4.78, 5) is 27.4. The molecule has 29 heavy (non-hydrogen) atoms. The lowest BCUT2D eigenvalue weighted by atomic mass is 9.95. The van der Waals surface area contributed by atoms with E-state index in [9.17, 15) is 14.7 Å². The Balaban J connectivity index is 1.95. The minimum Gasteiger partial charge on any atom is -0.507 e. The van der Waals surface area contributed by atoms with Crippen molar-refractivity contribution >= 4 is 34.7 Å². The molecule has 3 aromatic carbocycles. The number of hydrogen-bond donors (Lipinski definition) is 1. The van der Waals surface area contributed by atoms with E-state index in [1.165, 1.54) is 4.90 Å². The lowest BCUT2D eigenvalue weighted by molar-refractivity contribution is -0.132. The third-order valence-corrected chi connectivity index (χ3v) is 5.45. The summed E-state index contributed by atoms with van der Waals surface area (Å²) in [6, 6.07) is 22.4. The van der Waals surface area contributed by atoms with Gasteiger partial charge in [-0.15, -0.1) is 0 Å². The fourth-order valence-corrected chi connectivity index (χ4v) is 3.71. The molecule has 1 amide bonds. The Morgan fingerprint density at radius 2 is 1.55 bits per heavy atom. The number of carbonyl (C=O) groups is 2. The van der Waals surface area contributed by atoms with Gasteiger partial charge in [-0.05, 0) is 30.2 Å². The van der Waals surface area contributed by atoms with Crippen LogP contribution < -0.4 is 4.90 Å². The molecule has 0 aliphatic carbocycles. The van der Waals surface area contributed by atoms with E-state index in [0.29, 0.717) is 16.3 Å². The van der Waals surface area contributed by atoms with E-state index in [1.54, 1.807) is 42.5 Å². The Labute approximate surface area is 173 Å². The molecule has 1 N–H and O–H groups in total. The molecule has 0 spiro atoms. The number of benzene rings is 3. The van der Waals surface area contributed by atoms with Crippen molar-refractivity contribution in [2.24, 2.45) is 0 Å². The van der Waals surface area contributed by atoms with Crippen molar-refractivity contribution in [1.82, 2.24) is 0 Å². The summed E-state index contributed by atoms with van der Waals surface area (Å²) >= 11 is 6.28. The zero-order valence-corrected chi connectivity index (χ0v) is 16.4. The molecule has 1 aliphatic heterocycles. The van der Waals surface area contributed by atoms with Crippen LogP contribution in [0.4, 0.5) is 5.69 Å². The van der Waals surface area contributed by atoms with E-state index in [-0.39, 0.29) is 11.3 Å². The van der Waals surface area contributed by atoms with Crippen LogP contribution in [0.1, 0.15) is 22.7 Å². The highest BCUT2D eigenvalue weighted by molar-refractivity contribution is 6.51. The lowest BCUT2D eigenvalue weighted by Gasteiger charge is -2.25. The summed E-state index contributed by atoms with van der Waals surface area (Å²) in [6.45, 7) is 1.87. The van der Waals surface area contributed by atoms with E-state index in [1.807, 2.05) is 43.3 Å². The average molecular weight is 404 g/mol. The van der Waals surface area contributed by atoms with Crippen LogP contribution in [0.3, 0.4) is 0 Å². The number of aliphatic hydroxyl groups is 1. The van der Waals surface area contributed by atoms with Gasteiger partial charge >= 0.3 is 0 Å². The molecule has 0 aromatic heterocycles. The van der Waals surface area contributed by atoms with Gasteiger partial charge in [-0.2, -0.15) is 0 Å². The molecule has 0 saturated carbocycles. The third-order valence-electron chi connectivity index (χ3n) is 5.04. The summed E-state index contributed by atoms with van der Waals surface area (Å²) in [5.74, 6) is -1.62. The number of nitrogens with zero attached hydrogens (tertiary/aromatic N) is 1. The van der Waals surface area contributed by atoms with Crippen molar-refractivity contribution in [3.8, 4) is 0 Å². The second-order valence-corrected chi connectivity index (χ2v) is 7.29. The summed E-state index contributed by atoms with van der Waals surface area (Å²) in [6.07, 6.45) is 0. The molecule has 4 nitrogen and oxygen atoms in total. The van der Waals surface area contributed by atoms with Crippen molar-refractivity contribution in [2.75, 3.05) is 4.90 Å². The number of hydrogen-bond acceptors (Lipinski definition) is 3. The molecule has 3 aromatic rings. The SMILES string of the molecule is Cc1ccc(N2C(=O)C(=O)C(=C(O)c3ccccc3)[C@H]2c2ccccc2)cc1Cl. The number of Topliss-reactive ketones (excluding diaryl/α,β-unsaturated/α-hetero) is 1. The molecule has 0 bridgehead atoms. The first kappa shape index (κ1) is 19.0. The topological polar surface area (TPSA) is 57.6 Å². The number of aryl methyl sites for hydroxylation is 1. The Bertz CT molecular complexity index is 1120. The highest BCUT2D eigenvalue weighted by Crippen LogP contribution is 2.42. The van der Waals surface area contributed by atoms with Gasteiger partial charge in [0.25, 0.3) is 11.7 Å². The Hall–Kier alpha value is -3.37. The van der Waals surface area contributed by atoms with Crippen LogP contribution in [-0.4, -0.2) is 16.8 Å². The summed E-state index contributed by atoms with van der Waals surface area (Å²) in [5, 5.41) is 11.5. The molecule has 1 atom stereocenters. The van der Waals surface area contributed by atoms with E-state index in [2.05, 4.69) is 0 Å². The molecule has 1 aliphatic rings. The predicted molar refractivity (Wildman–Crippen MR) is 114 cm³/mol. The van der Waals surface area contributed by atoms with Gasteiger partial charge in [0, 0.05) is 16.3 Å². The molecule has 0 unspecified atom stereocenters. The van der Waals surface area contributed by atoms with Gasteiger partial charge in [0.05, 0.1) is 11.6 Å². The Morgan fingerprint density at radius 1 is 0.931 bits per heavy atom. The van der Waals surface area contributed by atoms with Gasteiger partial charge in [-0.3, -0.25) is 14.5 Å². The molecule has 144 valence electrons. The summed E-state index contributed by atoms with van der Waals surface area (Å²) in [5.41, 5.74) is 2.63. The highest BCUT2D eigenvalue weighted by Gasteiger charge is 2.46. The maximum atomic E-state index is 13.0. The molecule has 4 rings (SSSR count). The van der Waals surface area contributed by atoms with Crippen molar-refractivity contribution in [1.29, 1.82) is 0 Å². The molecule has 1 fully saturated rings. The fraction of sp³-hybridized carbons (Fsp3) is 0.0833. The molecule has 5 heteroatoms. The van der Waals surface area contributed by atoms with E-state index < -0.39 is 17.7 Å². The van der Waals surface area contributed by atoms with Crippen molar-refractivity contribution < 1.29 is 14.7 Å². The van der Waals surface area contributed by atoms with Crippen LogP contribution in [0, 0.1) is 6.92 Å². The predicted octanol–water partition coefficient (Wildman–Crippen LogP) is 5.27. The van der Waals surface area contributed by atoms with E-state index in [0.717, 1.165) is 11.1 Å². The van der Waals surface area contributed by atoms with Crippen LogP contribution in [0.5, 0.6) is 0 Å². The van der Waals surface area contributed by atoms with Gasteiger partial charge in [0.1, 0.15) is 5.76 Å². The molecular weight excluding hydrogens is 386 g/mol. The standard InChI is InChI=1S/C24H18ClNO3/c1-15-12-13-18(14-19(15)25)26-21(16-8-4-2-5-9-16)20(23(28)24(26)29)22(27)17-10-6-3-7-11-17/h2-14,21,27H,1H3/t21-/m1/s1. The minimum atomic E-state index is -0.754. The monoisotopic (exact) mass is 403 g/mol. The number of aliphatic hydroxyl groups excluding tert-OH is 1.